The normalized spacial score (nSPS) is 11.3. The summed E-state index contributed by atoms with van der Waals surface area (Å²) in [6, 6.07) is 15.0. The number of nitrogens with zero attached hydrogens (tertiary/aromatic N) is 2. The highest BCUT2D eigenvalue weighted by Crippen LogP contribution is 2.22. The number of nitrogen functional groups attached to an aromatic ring is 1. The molecular formula is C21H18N4O4. The first kappa shape index (κ1) is 19.7. The number of nitrogens with one attached hydrogen (secondary N) is 1. The van der Waals surface area contributed by atoms with E-state index in [0.717, 1.165) is 0 Å². The summed E-state index contributed by atoms with van der Waals surface area (Å²) in [6.07, 6.45) is 1.39. The topological polar surface area (TPSA) is 124 Å². The zero-order valence-corrected chi connectivity index (χ0v) is 15.5. The van der Waals surface area contributed by atoms with Gasteiger partial charge >= 0.3 is 5.97 Å². The molecule has 1 atom stereocenters. The number of esters is 1. The molecule has 3 rings (SSSR count). The molecule has 3 N–H and O–H groups in total. The minimum Gasteiger partial charge on any atom is -0.442 e. The number of carbonyl (C=O) groups excluding carboxylic acids is 3. The third-order valence-corrected chi connectivity index (χ3v) is 4.02. The molecule has 1 amide bonds. The van der Waals surface area contributed by atoms with E-state index in [9.17, 15) is 14.4 Å². The average Bonchev–Trinajstić information content (AvgIpc) is 2.73. The van der Waals surface area contributed by atoms with Crippen molar-refractivity contribution in [2.75, 3.05) is 11.1 Å². The lowest BCUT2D eigenvalue weighted by Crippen LogP contribution is -2.26. The highest BCUT2D eigenvalue weighted by Gasteiger charge is 2.27. The van der Waals surface area contributed by atoms with Crippen LogP contribution in [0.5, 0.6) is 0 Å². The van der Waals surface area contributed by atoms with Crippen LogP contribution >= 0.6 is 0 Å². The highest BCUT2D eigenvalue weighted by molar-refractivity contribution is 6.00. The van der Waals surface area contributed by atoms with Crippen molar-refractivity contribution in [3.05, 3.63) is 83.8 Å². The van der Waals surface area contributed by atoms with Crippen LogP contribution in [0, 0.1) is 0 Å². The second-order valence-corrected chi connectivity index (χ2v) is 6.11. The van der Waals surface area contributed by atoms with Crippen molar-refractivity contribution in [2.45, 2.75) is 13.0 Å². The van der Waals surface area contributed by atoms with Crippen LogP contribution in [0.3, 0.4) is 0 Å². The quantitative estimate of drug-likeness (QED) is 0.490. The number of benzene rings is 2. The number of ketones is 1. The molecule has 8 nitrogen and oxygen atoms in total. The number of nitrogens with two attached hydrogens (primary N) is 1. The van der Waals surface area contributed by atoms with Gasteiger partial charge in [-0.3, -0.25) is 9.59 Å². The molecule has 0 aliphatic rings. The molecule has 3 aromatic rings. The van der Waals surface area contributed by atoms with Crippen molar-refractivity contribution >= 4 is 29.2 Å². The largest absolute Gasteiger partial charge is 0.442 e. The number of amides is 1. The molecule has 0 unspecified atom stereocenters. The number of aromatic nitrogens is 2. The smallest absolute Gasteiger partial charge is 0.361 e. The fourth-order valence-electron chi connectivity index (χ4n) is 2.59. The highest BCUT2D eigenvalue weighted by atomic mass is 16.5. The maximum Gasteiger partial charge on any atom is 0.361 e. The van der Waals surface area contributed by atoms with E-state index in [1.54, 1.807) is 54.6 Å². The summed E-state index contributed by atoms with van der Waals surface area (Å²) in [6.45, 7) is 1.43. The standard InChI is InChI=1S/C21H18N4O4/c1-13(26)15-8-5-9-16(12-15)25-20(27)18(14-6-3-2-4-7-14)29-21(28)17-19(22)24-11-10-23-17/h2-12,18H,1H3,(H2,22,24)(H,25,27)/t18-/m0/s1. The van der Waals surface area contributed by atoms with E-state index >= 15 is 0 Å². The van der Waals surface area contributed by atoms with Gasteiger partial charge < -0.3 is 15.8 Å². The fourth-order valence-corrected chi connectivity index (χ4v) is 2.59. The summed E-state index contributed by atoms with van der Waals surface area (Å²) in [5.74, 6) is -1.70. The zero-order valence-electron chi connectivity index (χ0n) is 15.5. The number of carbonyl (C=O) groups is 3. The second kappa shape index (κ2) is 8.75. The molecule has 146 valence electrons. The number of ether oxygens (including phenoxy) is 1. The van der Waals surface area contributed by atoms with Crippen LogP contribution in [0.2, 0.25) is 0 Å². The first-order valence-electron chi connectivity index (χ1n) is 8.70. The van der Waals surface area contributed by atoms with E-state index < -0.39 is 18.0 Å². The van der Waals surface area contributed by atoms with Crippen LogP contribution in [0.1, 0.15) is 39.4 Å². The Morgan fingerprint density at radius 2 is 1.72 bits per heavy atom. The Morgan fingerprint density at radius 1 is 1.00 bits per heavy atom. The van der Waals surface area contributed by atoms with E-state index in [-0.39, 0.29) is 17.3 Å². The molecule has 0 fully saturated rings. The van der Waals surface area contributed by atoms with Crippen molar-refractivity contribution < 1.29 is 19.1 Å². The van der Waals surface area contributed by atoms with Gasteiger partial charge in [-0.15, -0.1) is 0 Å². The van der Waals surface area contributed by atoms with Gasteiger partial charge in [-0.05, 0) is 19.1 Å². The van der Waals surface area contributed by atoms with Gasteiger partial charge in [-0.1, -0.05) is 42.5 Å². The summed E-state index contributed by atoms with van der Waals surface area (Å²) < 4.78 is 5.41. The lowest BCUT2D eigenvalue weighted by molar-refractivity contribution is -0.125. The predicted octanol–water partition coefficient (Wildman–Crippen LogP) is 2.80. The van der Waals surface area contributed by atoms with Gasteiger partial charge in [0.1, 0.15) is 0 Å². The molecule has 0 spiro atoms. The Labute approximate surface area is 166 Å². The monoisotopic (exact) mass is 390 g/mol. The van der Waals surface area contributed by atoms with Crippen LogP contribution in [-0.2, 0) is 9.53 Å². The maximum atomic E-state index is 12.9. The number of hydrogen-bond donors (Lipinski definition) is 2. The minimum atomic E-state index is -1.26. The van der Waals surface area contributed by atoms with Gasteiger partial charge in [0.25, 0.3) is 5.91 Å². The van der Waals surface area contributed by atoms with Crippen LogP contribution in [0.15, 0.2) is 67.0 Å². The molecule has 0 aliphatic carbocycles. The van der Waals surface area contributed by atoms with E-state index in [0.29, 0.717) is 16.8 Å². The number of anilines is 2. The molecule has 0 saturated carbocycles. The SMILES string of the molecule is CC(=O)c1cccc(NC(=O)[C@@H](OC(=O)c2nccnc2N)c2ccccc2)c1. The lowest BCUT2D eigenvalue weighted by atomic mass is 10.1. The summed E-state index contributed by atoms with van der Waals surface area (Å²) in [5.41, 5.74) is 6.80. The maximum absolute atomic E-state index is 12.9. The molecular weight excluding hydrogens is 372 g/mol. The number of Topliss-reactive ketones (excluding diaryl/α,β-unsaturated/α-hetero) is 1. The summed E-state index contributed by atoms with van der Waals surface area (Å²) in [5, 5.41) is 2.67. The molecule has 2 aromatic carbocycles. The zero-order chi connectivity index (χ0) is 20.8. The van der Waals surface area contributed by atoms with Gasteiger partial charge in [0.2, 0.25) is 6.10 Å². The van der Waals surface area contributed by atoms with Crippen molar-refractivity contribution in [2.24, 2.45) is 0 Å². The minimum absolute atomic E-state index is 0.0983. The Hall–Kier alpha value is -4.07. The Morgan fingerprint density at radius 3 is 2.41 bits per heavy atom. The lowest BCUT2D eigenvalue weighted by Gasteiger charge is -2.18. The van der Waals surface area contributed by atoms with Gasteiger partial charge in [0.05, 0.1) is 0 Å². The Balaban J connectivity index is 1.87. The van der Waals surface area contributed by atoms with Crippen molar-refractivity contribution in [1.29, 1.82) is 0 Å². The van der Waals surface area contributed by atoms with E-state index in [2.05, 4.69) is 15.3 Å². The molecule has 0 radical (unpaired) electrons. The summed E-state index contributed by atoms with van der Waals surface area (Å²) >= 11 is 0. The Bertz CT molecular complexity index is 1050. The molecule has 1 heterocycles. The van der Waals surface area contributed by atoms with Crippen molar-refractivity contribution in [3.63, 3.8) is 0 Å². The predicted molar refractivity (Wildman–Crippen MR) is 106 cm³/mol. The second-order valence-electron chi connectivity index (χ2n) is 6.11. The van der Waals surface area contributed by atoms with Gasteiger partial charge in [-0.2, -0.15) is 0 Å². The van der Waals surface area contributed by atoms with Crippen LogP contribution in [0.25, 0.3) is 0 Å². The molecule has 29 heavy (non-hydrogen) atoms. The summed E-state index contributed by atoms with van der Waals surface area (Å²) in [7, 11) is 0. The van der Waals surface area contributed by atoms with Crippen LogP contribution in [0.4, 0.5) is 11.5 Å². The van der Waals surface area contributed by atoms with Gasteiger partial charge in [-0.25, -0.2) is 14.8 Å². The van der Waals surface area contributed by atoms with Crippen molar-refractivity contribution in [3.8, 4) is 0 Å². The first-order valence-corrected chi connectivity index (χ1v) is 8.70. The number of hydrogen-bond acceptors (Lipinski definition) is 7. The summed E-state index contributed by atoms with van der Waals surface area (Å²) in [4.78, 5) is 44.7. The van der Waals surface area contributed by atoms with Crippen molar-refractivity contribution in [1.82, 2.24) is 9.97 Å². The fraction of sp³-hybridized carbons (Fsp3) is 0.0952. The van der Waals surface area contributed by atoms with E-state index in [1.807, 2.05) is 0 Å². The molecule has 1 aromatic heterocycles. The van der Waals surface area contributed by atoms with Crippen LogP contribution < -0.4 is 11.1 Å². The first-order chi connectivity index (χ1) is 14.0. The molecule has 0 aliphatic heterocycles. The Kier molecular flexibility index (Phi) is 5.94. The molecule has 0 saturated heterocycles. The molecule has 0 bridgehead atoms. The molecule has 8 heteroatoms. The average molecular weight is 390 g/mol. The number of rotatable bonds is 6. The van der Waals surface area contributed by atoms with Crippen LogP contribution in [-0.4, -0.2) is 27.6 Å². The third-order valence-electron chi connectivity index (χ3n) is 4.02. The van der Waals surface area contributed by atoms with E-state index in [1.165, 1.54) is 19.3 Å². The van der Waals surface area contributed by atoms with Gasteiger partial charge in [0, 0.05) is 29.2 Å². The van der Waals surface area contributed by atoms with Gasteiger partial charge in [0.15, 0.2) is 17.3 Å². The van der Waals surface area contributed by atoms with E-state index in [4.69, 9.17) is 10.5 Å². The third kappa shape index (κ3) is 4.81.